The van der Waals surface area contributed by atoms with Crippen molar-refractivity contribution in [1.29, 1.82) is 0 Å². The van der Waals surface area contributed by atoms with Crippen LogP contribution in [0.5, 0.6) is 11.5 Å². The molecule has 1 aliphatic rings. The van der Waals surface area contributed by atoms with Gasteiger partial charge in [0.1, 0.15) is 5.75 Å². The molecule has 1 fully saturated rings. The maximum absolute atomic E-state index is 12.3. The molecule has 0 spiro atoms. The number of imide groups is 1. The maximum Gasteiger partial charge on any atom is 0.338 e. The van der Waals surface area contributed by atoms with Crippen molar-refractivity contribution < 1.29 is 28.7 Å². The molecular weight excluding hydrogens is 438 g/mol. The van der Waals surface area contributed by atoms with Crippen LogP contribution in [0.2, 0.25) is 0 Å². The van der Waals surface area contributed by atoms with Crippen molar-refractivity contribution in [3.05, 3.63) is 90.0 Å². The molecule has 2 N–H and O–H groups in total. The number of urea groups is 1. The van der Waals surface area contributed by atoms with E-state index in [4.69, 9.17) is 9.47 Å². The van der Waals surface area contributed by atoms with Crippen molar-refractivity contribution >= 4 is 29.5 Å². The highest BCUT2D eigenvalue weighted by Crippen LogP contribution is 2.29. The lowest BCUT2D eigenvalue weighted by atomic mass is 10.1. The largest absolute Gasteiger partial charge is 0.455 e. The summed E-state index contributed by atoms with van der Waals surface area (Å²) in [6, 6.07) is 21.9. The number of rotatable bonds is 8. The third-order valence-corrected chi connectivity index (χ3v) is 4.93. The Morgan fingerprint density at radius 2 is 1.62 bits per heavy atom. The molecule has 3 aromatic carbocycles. The van der Waals surface area contributed by atoms with Crippen LogP contribution in [0, 0.1) is 0 Å². The summed E-state index contributed by atoms with van der Waals surface area (Å²) in [5.74, 6) is -0.434. The van der Waals surface area contributed by atoms with E-state index in [0.717, 1.165) is 4.90 Å². The fourth-order valence-corrected chi connectivity index (χ4v) is 3.22. The summed E-state index contributed by atoms with van der Waals surface area (Å²) < 4.78 is 10.9. The van der Waals surface area contributed by atoms with Crippen molar-refractivity contribution in [2.75, 3.05) is 18.5 Å². The number of carbonyl (C=O) groups excluding carboxylic acids is 4. The molecule has 1 heterocycles. The quantitative estimate of drug-likeness (QED) is 0.395. The Kier molecular flexibility index (Phi) is 6.83. The minimum absolute atomic E-state index is 0.0197. The molecule has 0 radical (unpaired) electrons. The van der Waals surface area contributed by atoms with Gasteiger partial charge in [0.05, 0.1) is 24.3 Å². The van der Waals surface area contributed by atoms with E-state index in [2.05, 4.69) is 10.6 Å². The van der Waals surface area contributed by atoms with Gasteiger partial charge in [-0.25, -0.2) is 9.59 Å². The monoisotopic (exact) mass is 459 g/mol. The van der Waals surface area contributed by atoms with Gasteiger partial charge in [-0.15, -0.1) is 0 Å². The minimum Gasteiger partial charge on any atom is -0.455 e. The SMILES string of the molecule is O=C(COC(=O)c1ccc(CN2C(=O)CNC2=O)cc1)Nc1ccccc1Oc1ccccc1. The first kappa shape index (κ1) is 22.5. The zero-order chi connectivity index (χ0) is 23.9. The van der Waals surface area contributed by atoms with Gasteiger partial charge in [-0.1, -0.05) is 42.5 Å². The Morgan fingerprint density at radius 1 is 0.912 bits per heavy atom. The summed E-state index contributed by atoms with van der Waals surface area (Å²) in [4.78, 5) is 49.1. The number of esters is 1. The highest BCUT2D eigenvalue weighted by molar-refractivity contribution is 6.02. The van der Waals surface area contributed by atoms with E-state index in [1.807, 2.05) is 18.2 Å². The molecule has 0 unspecified atom stereocenters. The van der Waals surface area contributed by atoms with E-state index in [1.165, 1.54) is 12.1 Å². The Labute approximate surface area is 195 Å². The molecule has 0 atom stereocenters. The number of ether oxygens (including phenoxy) is 2. The van der Waals surface area contributed by atoms with Crippen LogP contribution >= 0.6 is 0 Å². The lowest BCUT2D eigenvalue weighted by Crippen LogP contribution is -2.30. The molecule has 0 saturated carbocycles. The first-order valence-corrected chi connectivity index (χ1v) is 10.5. The number of amides is 4. The van der Waals surface area contributed by atoms with Gasteiger partial charge < -0.3 is 20.1 Å². The third kappa shape index (κ3) is 5.57. The van der Waals surface area contributed by atoms with Crippen molar-refractivity contribution in [1.82, 2.24) is 10.2 Å². The molecule has 4 amide bonds. The summed E-state index contributed by atoms with van der Waals surface area (Å²) in [5, 5.41) is 5.13. The highest BCUT2D eigenvalue weighted by atomic mass is 16.5. The van der Waals surface area contributed by atoms with E-state index >= 15 is 0 Å². The topological polar surface area (TPSA) is 114 Å². The third-order valence-electron chi connectivity index (χ3n) is 4.93. The summed E-state index contributed by atoms with van der Waals surface area (Å²) in [5.41, 5.74) is 1.36. The van der Waals surface area contributed by atoms with Gasteiger partial charge in [-0.05, 0) is 42.0 Å². The Balaban J connectivity index is 1.30. The fraction of sp³-hybridized carbons (Fsp3) is 0.120. The predicted molar refractivity (Wildman–Crippen MR) is 122 cm³/mol. The average molecular weight is 459 g/mol. The van der Waals surface area contributed by atoms with Gasteiger partial charge in [0.25, 0.3) is 5.91 Å². The zero-order valence-corrected chi connectivity index (χ0v) is 18.0. The number of anilines is 1. The zero-order valence-electron chi connectivity index (χ0n) is 18.0. The normalized spacial score (nSPS) is 12.8. The van der Waals surface area contributed by atoms with Crippen LogP contribution in [0.3, 0.4) is 0 Å². The van der Waals surface area contributed by atoms with Gasteiger partial charge in [0, 0.05) is 0 Å². The summed E-state index contributed by atoms with van der Waals surface area (Å²) in [6.07, 6.45) is 0. The van der Waals surface area contributed by atoms with Crippen LogP contribution < -0.4 is 15.4 Å². The molecule has 9 heteroatoms. The second kappa shape index (κ2) is 10.3. The second-order valence-electron chi connectivity index (χ2n) is 7.37. The van der Waals surface area contributed by atoms with E-state index in [-0.39, 0.29) is 24.6 Å². The number of nitrogens with one attached hydrogen (secondary N) is 2. The first-order chi connectivity index (χ1) is 16.5. The maximum atomic E-state index is 12.3. The van der Waals surface area contributed by atoms with Gasteiger partial charge in [0.15, 0.2) is 12.4 Å². The first-order valence-electron chi connectivity index (χ1n) is 10.5. The number of hydrogen-bond acceptors (Lipinski definition) is 6. The van der Waals surface area contributed by atoms with E-state index in [1.54, 1.807) is 48.5 Å². The summed E-state index contributed by atoms with van der Waals surface area (Å²) in [6.45, 7) is -0.399. The van der Waals surface area contributed by atoms with Crippen LogP contribution in [-0.2, 0) is 20.9 Å². The number of para-hydroxylation sites is 3. The molecule has 4 rings (SSSR count). The molecule has 0 aromatic heterocycles. The van der Waals surface area contributed by atoms with Crippen molar-refractivity contribution in [3.63, 3.8) is 0 Å². The molecule has 1 saturated heterocycles. The molecule has 172 valence electrons. The van der Waals surface area contributed by atoms with Gasteiger partial charge in [-0.2, -0.15) is 0 Å². The van der Waals surface area contributed by atoms with Gasteiger partial charge >= 0.3 is 12.0 Å². The fourth-order valence-electron chi connectivity index (χ4n) is 3.22. The smallest absolute Gasteiger partial charge is 0.338 e. The lowest BCUT2D eigenvalue weighted by molar-refractivity contribution is -0.125. The van der Waals surface area contributed by atoms with Crippen molar-refractivity contribution in [2.24, 2.45) is 0 Å². The van der Waals surface area contributed by atoms with Crippen LogP contribution in [0.1, 0.15) is 15.9 Å². The molecule has 1 aliphatic heterocycles. The standard InChI is InChI=1S/C25H21N3O6/c29-22(27-20-8-4-5-9-21(20)34-19-6-2-1-3-7-19)16-33-24(31)18-12-10-17(11-13-18)15-28-23(30)14-26-25(28)32/h1-13H,14-16H2,(H,26,32)(H,27,29). The van der Waals surface area contributed by atoms with Crippen LogP contribution in [0.25, 0.3) is 0 Å². The van der Waals surface area contributed by atoms with E-state index in [9.17, 15) is 19.2 Å². The van der Waals surface area contributed by atoms with Crippen LogP contribution in [-0.4, -0.2) is 41.9 Å². The highest BCUT2D eigenvalue weighted by Gasteiger charge is 2.28. The second-order valence-corrected chi connectivity index (χ2v) is 7.37. The van der Waals surface area contributed by atoms with Crippen LogP contribution in [0.15, 0.2) is 78.9 Å². The number of nitrogens with zero attached hydrogens (tertiary/aromatic N) is 1. The van der Waals surface area contributed by atoms with Crippen molar-refractivity contribution in [2.45, 2.75) is 6.54 Å². The molecule has 34 heavy (non-hydrogen) atoms. The number of benzene rings is 3. The molecule has 9 nitrogen and oxygen atoms in total. The number of carbonyl (C=O) groups is 4. The lowest BCUT2D eigenvalue weighted by Gasteiger charge is -2.13. The number of hydrogen-bond donors (Lipinski definition) is 2. The van der Waals surface area contributed by atoms with E-state index < -0.39 is 24.5 Å². The average Bonchev–Trinajstić information content (AvgIpc) is 3.17. The molecular formula is C25H21N3O6. The molecule has 3 aromatic rings. The molecule has 0 aliphatic carbocycles. The van der Waals surface area contributed by atoms with Crippen molar-refractivity contribution in [3.8, 4) is 11.5 Å². The summed E-state index contributed by atoms with van der Waals surface area (Å²) in [7, 11) is 0. The Bertz CT molecular complexity index is 1190. The Hall–Kier alpha value is -4.66. The van der Waals surface area contributed by atoms with Gasteiger partial charge in [0.2, 0.25) is 5.91 Å². The minimum atomic E-state index is -0.675. The van der Waals surface area contributed by atoms with E-state index in [0.29, 0.717) is 22.7 Å². The molecule has 0 bridgehead atoms. The Morgan fingerprint density at radius 3 is 2.32 bits per heavy atom. The predicted octanol–water partition coefficient (Wildman–Crippen LogP) is 3.33. The van der Waals surface area contributed by atoms with Crippen LogP contribution in [0.4, 0.5) is 10.5 Å². The van der Waals surface area contributed by atoms with Gasteiger partial charge in [-0.3, -0.25) is 14.5 Å². The summed E-state index contributed by atoms with van der Waals surface area (Å²) >= 11 is 0.